The lowest BCUT2D eigenvalue weighted by atomic mass is 10.1. The maximum atomic E-state index is 12.1. The van der Waals surface area contributed by atoms with Gasteiger partial charge in [-0.05, 0) is 49.2 Å². The highest BCUT2D eigenvalue weighted by atomic mass is 35.5. The number of hydrogen-bond acceptors (Lipinski definition) is 5. The number of amides is 2. The molecule has 0 saturated carbocycles. The van der Waals surface area contributed by atoms with Gasteiger partial charge in [0.05, 0.1) is 13.7 Å². The lowest BCUT2D eigenvalue weighted by Gasteiger charge is -2.11. The Kier molecular flexibility index (Phi) is 7.40. The van der Waals surface area contributed by atoms with Crippen molar-refractivity contribution in [2.45, 2.75) is 13.8 Å². The van der Waals surface area contributed by atoms with Crippen molar-refractivity contribution in [1.82, 2.24) is 5.32 Å². The summed E-state index contributed by atoms with van der Waals surface area (Å²) < 4.78 is 10.0. The molecule has 0 unspecified atom stereocenters. The zero-order valence-electron chi connectivity index (χ0n) is 15.8. The van der Waals surface area contributed by atoms with E-state index in [0.29, 0.717) is 10.7 Å². The van der Waals surface area contributed by atoms with Crippen molar-refractivity contribution in [1.29, 1.82) is 0 Å². The molecule has 0 aliphatic carbocycles. The van der Waals surface area contributed by atoms with Crippen LogP contribution in [0.3, 0.4) is 0 Å². The van der Waals surface area contributed by atoms with Crippen molar-refractivity contribution in [3.05, 3.63) is 58.1 Å². The third-order valence-corrected chi connectivity index (χ3v) is 4.28. The zero-order chi connectivity index (χ0) is 20.7. The van der Waals surface area contributed by atoms with E-state index in [-0.39, 0.29) is 23.8 Å². The topological polar surface area (TPSA) is 93.7 Å². The molecule has 0 aromatic heterocycles. The Balaban J connectivity index is 1.83. The van der Waals surface area contributed by atoms with Crippen molar-refractivity contribution < 1.29 is 23.9 Å². The molecular formula is C20H21ClN2O5. The van der Waals surface area contributed by atoms with Crippen LogP contribution in [0.4, 0.5) is 5.69 Å². The number of ether oxygens (including phenoxy) is 2. The number of anilines is 1. The fraction of sp³-hybridized carbons (Fsp3) is 0.250. The third kappa shape index (κ3) is 5.72. The van der Waals surface area contributed by atoms with Crippen molar-refractivity contribution in [2.24, 2.45) is 0 Å². The summed E-state index contributed by atoms with van der Waals surface area (Å²) in [7, 11) is 1.40. The molecule has 0 atom stereocenters. The lowest BCUT2D eigenvalue weighted by Crippen LogP contribution is -2.35. The minimum Gasteiger partial charge on any atom is -0.496 e. The second-order valence-corrected chi connectivity index (χ2v) is 6.43. The number of hydrogen-bond donors (Lipinski definition) is 2. The van der Waals surface area contributed by atoms with Crippen LogP contribution >= 0.6 is 11.6 Å². The number of carbonyl (C=O) groups excluding carboxylic acids is 3. The molecule has 7 nitrogen and oxygen atoms in total. The van der Waals surface area contributed by atoms with Gasteiger partial charge < -0.3 is 20.1 Å². The highest BCUT2D eigenvalue weighted by Crippen LogP contribution is 2.23. The van der Waals surface area contributed by atoms with E-state index in [9.17, 15) is 14.4 Å². The van der Waals surface area contributed by atoms with Crippen molar-refractivity contribution >= 4 is 35.1 Å². The minimum absolute atomic E-state index is 0.107. The van der Waals surface area contributed by atoms with Gasteiger partial charge in [-0.2, -0.15) is 0 Å². The van der Waals surface area contributed by atoms with Gasteiger partial charge in [0, 0.05) is 10.7 Å². The molecular weight excluding hydrogens is 384 g/mol. The van der Waals surface area contributed by atoms with E-state index in [1.165, 1.54) is 19.2 Å². The van der Waals surface area contributed by atoms with Crippen molar-refractivity contribution in [3.63, 3.8) is 0 Å². The van der Waals surface area contributed by atoms with Gasteiger partial charge in [-0.1, -0.05) is 23.7 Å². The monoisotopic (exact) mass is 404 g/mol. The van der Waals surface area contributed by atoms with E-state index in [2.05, 4.69) is 10.6 Å². The fourth-order valence-corrected chi connectivity index (χ4v) is 2.53. The molecule has 2 N–H and O–H groups in total. The molecule has 0 fully saturated rings. The normalized spacial score (nSPS) is 10.1. The quantitative estimate of drug-likeness (QED) is 0.692. The predicted molar refractivity (Wildman–Crippen MR) is 106 cm³/mol. The van der Waals surface area contributed by atoms with Crippen LogP contribution in [0.1, 0.15) is 21.5 Å². The third-order valence-electron chi connectivity index (χ3n) is 4.04. The molecule has 0 saturated heterocycles. The molecule has 0 spiro atoms. The van der Waals surface area contributed by atoms with Crippen molar-refractivity contribution in [2.75, 3.05) is 25.6 Å². The minimum atomic E-state index is -0.755. The number of halogens is 1. The fourth-order valence-electron chi connectivity index (χ4n) is 2.36. The summed E-state index contributed by atoms with van der Waals surface area (Å²) in [6.45, 7) is 3.05. The van der Waals surface area contributed by atoms with Crippen molar-refractivity contribution in [3.8, 4) is 5.75 Å². The number of nitrogens with one attached hydrogen (secondary N) is 2. The number of aryl methyl sites for hydroxylation is 1. The summed E-state index contributed by atoms with van der Waals surface area (Å²) in [5.41, 5.74) is 2.78. The summed E-state index contributed by atoms with van der Waals surface area (Å²) in [5, 5.41) is 5.46. The Morgan fingerprint density at radius 2 is 1.82 bits per heavy atom. The molecule has 2 amide bonds. The first-order chi connectivity index (χ1) is 13.3. The molecule has 148 valence electrons. The van der Waals surface area contributed by atoms with E-state index in [0.717, 1.165) is 11.1 Å². The second-order valence-electron chi connectivity index (χ2n) is 5.99. The summed E-state index contributed by atoms with van der Waals surface area (Å²) >= 11 is 5.87. The van der Waals surface area contributed by atoms with E-state index >= 15 is 0 Å². The number of carbonyl (C=O) groups is 3. The van der Waals surface area contributed by atoms with E-state index in [1.807, 2.05) is 26.0 Å². The first-order valence-electron chi connectivity index (χ1n) is 8.45. The molecule has 0 radical (unpaired) electrons. The Morgan fingerprint density at radius 1 is 1.07 bits per heavy atom. The van der Waals surface area contributed by atoms with Crippen LogP contribution in [0.2, 0.25) is 5.02 Å². The Bertz CT molecular complexity index is 898. The summed E-state index contributed by atoms with van der Waals surface area (Å²) in [6, 6.07) is 10.0. The molecule has 0 aliphatic heterocycles. The van der Waals surface area contributed by atoms with Gasteiger partial charge in [-0.25, -0.2) is 4.79 Å². The average molecular weight is 405 g/mol. The van der Waals surface area contributed by atoms with Gasteiger partial charge in [0.2, 0.25) is 5.91 Å². The predicted octanol–water partition coefficient (Wildman–Crippen LogP) is 2.88. The molecule has 8 heteroatoms. The van der Waals surface area contributed by atoms with Gasteiger partial charge >= 0.3 is 5.97 Å². The molecule has 0 aliphatic rings. The van der Waals surface area contributed by atoms with E-state index in [1.54, 1.807) is 12.1 Å². The van der Waals surface area contributed by atoms with Gasteiger partial charge in [0.1, 0.15) is 11.3 Å². The molecule has 2 rings (SSSR count). The van der Waals surface area contributed by atoms with Gasteiger partial charge in [0.15, 0.2) is 6.61 Å². The standard InChI is InChI=1S/C20H21ClN2O5/c1-12-5-4-6-16(13(12)2)23-18(24)10-22-19(25)11-28-20(26)15-9-14(21)7-8-17(15)27-3/h4-9H,10-11H2,1-3H3,(H,22,25)(H,23,24). The molecule has 0 bridgehead atoms. The average Bonchev–Trinajstić information content (AvgIpc) is 2.68. The SMILES string of the molecule is COc1ccc(Cl)cc1C(=O)OCC(=O)NCC(=O)Nc1cccc(C)c1C. The highest BCUT2D eigenvalue weighted by molar-refractivity contribution is 6.31. The first kappa shape index (κ1) is 21.2. The van der Waals surface area contributed by atoms with Crippen LogP contribution in [-0.2, 0) is 14.3 Å². The van der Waals surface area contributed by atoms with E-state index < -0.39 is 18.5 Å². The van der Waals surface area contributed by atoms with Gasteiger partial charge in [-0.3, -0.25) is 9.59 Å². The van der Waals surface area contributed by atoms with Crippen LogP contribution in [0.5, 0.6) is 5.75 Å². The van der Waals surface area contributed by atoms with Crippen LogP contribution in [-0.4, -0.2) is 38.0 Å². The second kappa shape index (κ2) is 9.75. The van der Waals surface area contributed by atoms with Crippen LogP contribution in [0, 0.1) is 13.8 Å². The molecule has 2 aromatic carbocycles. The number of methoxy groups -OCH3 is 1. The maximum Gasteiger partial charge on any atom is 0.342 e. The van der Waals surface area contributed by atoms with Crippen LogP contribution in [0.15, 0.2) is 36.4 Å². The lowest BCUT2D eigenvalue weighted by molar-refractivity contribution is -0.126. The Hall–Kier alpha value is -3.06. The summed E-state index contributed by atoms with van der Waals surface area (Å²) in [4.78, 5) is 36.0. The van der Waals surface area contributed by atoms with Crippen LogP contribution in [0.25, 0.3) is 0 Å². The summed E-state index contributed by atoms with van der Waals surface area (Å²) in [6.07, 6.45) is 0. The largest absolute Gasteiger partial charge is 0.496 e. The number of esters is 1. The van der Waals surface area contributed by atoms with Gasteiger partial charge in [0.25, 0.3) is 5.91 Å². The number of benzene rings is 2. The molecule has 0 heterocycles. The molecule has 28 heavy (non-hydrogen) atoms. The zero-order valence-corrected chi connectivity index (χ0v) is 16.6. The molecule has 2 aromatic rings. The Labute approximate surface area is 168 Å². The van der Waals surface area contributed by atoms with E-state index in [4.69, 9.17) is 21.1 Å². The number of rotatable bonds is 7. The highest BCUT2D eigenvalue weighted by Gasteiger charge is 2.16. The smallest absolute Gasteiger partial charge is 0.342 e. The Morgan fingerprint density at radius 3 is 2.54 bits per heavy atom. The van der Waals surface area contributed by atoms with Gasteiger partial charge in [-0.15, -0.1) is 0 Å². The maximum absolute atomic E-state index is 12.1. The summed E-state index contributed by atoms with van der Waals surface area (Å²) in [5.74, 6) is -1.47. The van der Waals surface area contributed by atoms with Crippen LogP contribution < -0.4 is 15.4 Å². The first-order valence-corrected chi connectivity index (χ1v) is 8.83.